The Kier molecular flexibility index (Phi) is 6.15. The lowest BCUT2D eigenvalue weighted by Gasteiger charge is -2.26. The van der Waals surface area contributed by atoms with Gasteiger partial charge in [0.25, 0.3) is 0 Å². The van der Waals surface area contributed by atoms with Crippen LogP contribution in [0.3, 0.4) is 0 Å². The zero-order chi connectivity index (χ0) is 15.1. The van der Waals surface area contributed by atoms with Gasteiger partial charge in [0.15, 0.2) is 0 Å². The van der Waals surface area contributed by atoms with Gasteiger partial charge in [0.1, 0.15) is 0 Å². The molecule has 0 fully saturated rings. The number of pyridine rings is 1. The van der Waals surface area contributed by atoms with Crippen molar-refractivity contribution in [3.05, 3.63) is 42.1 Å². The summed E-state index contributed by atoms with van der Waals surface area (Å²) in [4.78, 5) is 7.10. The van der Waals surface area contributed by atoms with Crippen LogP contribution in [0, 0.1) is 0 Å². The molecule has 0 radical (unpaired) electrons. The van der Waals surface area contributed by atoms with E-state index in [2.05, 4.69) is 48.0 Å². The fourth-order valence-corrected chi connectivity index (χ4v) is 2.87. The Morgan fingerprint density at radius 2 is 1.86 bits per heavy atom. The summed E-state index contributed by atoms with van der Waals surface area (Å²) in [6.45, 7) is 8.45. The van der Waals surface area contributed by atoms with Crippen LogP contribution in [0.15, 0.2) is 36.5 Å². The van der Waals surface area contributed by atoms with E-state index in [1.54, 1.807) is 0 Å². The monoisotopic (exact) mass is 285 g/mol. The van der Waals surface area contributed by atoms with Gasteiger partial charge in [0.05, 0.1) is 5.52 Å². The lowest BCUT2D eigenvalue weighted by Crippen LogP contribution is -2.33. The molecule has 0 aliphatic heterocycles. The van der Waals surface area contributed by atoms with Crippen LogP contribution in [-0.4, -0.2) is 36.1 Å². The summed E-state index contributed by atoms with van der Waals surface area (Å²) in [7, 11) is 0. The molecule has 1 aromatic heterocycles. The fourth-order valence-electron chi connectivity index (χ4n) is 2.87. The minimum atomic E-state index is 0.361. The first kappa shape index (κ1) is 15.9. The number of benzene rings is 1. The molecular formula is C18H27N3. The maximum Gasteiger partial charge on any atom is 0.0702 e. The number of para-hydroxylation sites is 1. The highest BCUT2D eigenvalue weighted by atomic mass is 15.1. The molecule has 1 atom stereocenters. The Morgan fingerprint density at radius 3 is 2.52 bits per heavy atom. The summed E-state index contributed by atoms with van der Waals surface area (Å²) in [6.07, 6.45) is 4.37. The number of hydrogen-bond acceptors (Lipinski definition) is 3. The fraction of sp³-hybridized carbons (Fsp3) is 0.500. The van der Waals surface area contributed by atoms with Crippen molar-refractivity contribution in [3.63, 3.8) is 0 Å². The molecule has 3 heteroatoms. The summed E-state index contributed by atoms with van der Waals surface area (Å²) in [5, 5.41) is 1.20. The summed E-state index contributed by atoms with van der Waals surface area (Å²) in [5.74, 6) is 0.361. The van der Waals surface area contributed by atoms with Gasteiger partial charge in [0, 0.05) is 30.6 Å². The van der Waals surface area contributed by atoms with Crippen LogP contribution in [-0.2, 0) is 0 Å². The Morgan fingerprint density at radius 1 is 1.14 bits per heavy atom. The number of hydrogen-bond donors (Lipinski definition) is 1. The minimum absolute atomic E-state index is 0.361. The van der Waals surface area contributed by atoms with E-state index in [0.717, 1.165) is 25.2 Å². The second kappa shape index (κ2) is 8.11. The zero-order valence-electron chi connectivity index (χ0n) is 13.3. The first-order chi connectivity index (χ1) is 10.3. The third kappa shape index (κ3) is 4.26. The molecule has 1 aromatic carbocycles. The van der Waals surface area contributed by atoms with Crippen LogP contribution in [0.4, 0.5) is 0 Å². The zero-order valence-corrected chi connectivity index (χ0v) is 13.3. The maximum atomic E-state index is 6.04. The van der Waals surface area contributed by atoms with E-state index in [1.807, 2.05) is 12.3 Å². The van der Waals surface area contributed by atoms with Gasteiger partial charge in [0.2, 0.25) is 0 Å². The maximum absolute atomic E-state index is 6.04. The van der Waals surface area contributed by atoms with Crippen LogP contribution in [0.25, 0.3) is 10.9 Å². The van der Waals surface area contributed by atoms with Gasteiger partial charge in [-0.25, -0.2) is 0 Å². The second-order valence-corrected chi connectivity index (χ2v) is 5.69. The molecule has 1 unspecified atom stereocenters. The largest absolute Gasteiger partial charge is 0.330 e. The van der Waals surface area contributed by atoms with Crippen LogP contribution in [0.1, 0.15) is 38.2 Å². The van der Waals surface area contributed by atoms with E-state index >= 15 is 0 Å². The number of nitrogens with two attached hydrogens (primary N) is 1. The van der Waals surface area contributed by atoms with Crippen LogP contribution >= 0.6 is 0 Å². The van der Waals surface area contributed by atoms with Crippen molar-refractivity contribution in [2.24, 2.45) is 5.73 Å². The number of fused-ring (bicyclic) bond motifs is 1. The molecule has 0 amide bonds. The number of nitrogens with zero attached hydrogens (tertiary/aromatic N) is 2. The third-order valence-electron chi connectivity index (χ3n) is 3.93. The van der Waals surface area contributed by atoms with E-state index in [0.29, 0.717) is 12.5 Å². The van der Waals surface area contributed by atoms with Crippen molar-refractivity contribution in [1.29, 1.82) is 0 Å². The van der Waals surface area contributed by atoms with E-state index in [1.165, 1.54) is 23.8 Å². The lowest BCUT2D eigenvalue weighted by atomic mass is 9.98. The molecule has 21 heavy (non-hydrogen) atoms. The minimum Gasteiger partial charge on any atom is -0.330 e. The highest BCUT2D eigenvalue weighted by Crippen LogP contribution is 2.20. The van der Waals surface area contributed by atoms with Gasteiger partial charge in [-0.1, -0.05) is 32.0 Å². The molecular weight excluding hydrogens is 258 g/mol. The molecule has 0 aliphatic rings. The van der Waals surface area contributed by atoms with Gasteiger partial charge in [-0.05, 0) is 43.6 Å². The highest BCUT2D eigenvalue weighted by Gasteiger charge is 2.15. The smallest absolute Gasteiger partial charge is 0.0702 e. The van der Waals surface area contributed by atoms with Crippen molar-refractivity contribution < 1.29 is 0 Å². The normalized spacial score (nSPS) is 13.0. The van der Waals surface area contributed by atoms with Crippen molar-refractivity contribution >= 4 is 10.9 Å². The molecule has 0 saturated heterocycles. The number of aromatic nitrogens is 1. The average Bonchev–Trinajstić information content (AvgIpc) is 2.52. The third-order valence-corrected chi connectivity index (χ3v) is 3.93. The molecule has 0 spiro atoms. The Labute approximate surface area is 128 Å². The molecule has 2 aromatic rings. The molecule has 2 rings (SSSR count). The molecule has 3 nitrogen and oxygen atoms in total. The highest BCUT2D eigenvalue weighted by molar-refractivity contribution is 5.78. The summed E-state index contributed by atoms with van der Waals surface area (Å²) < 4.78 is 0. The van der Waals surface area contributed by atoms with Crippen molar-refractivity contribution in [3.8, 4) is 0 Å². The first-order valence-electron chi connectivity index (χ1n) is 8.05. The summed E-state index contributed by atoms with van der Waals surface area (Å²) >= 11 is 0. The standard InChI is InChI=1S/C18H27N3/c1-3-9-21(10-4-2)14-17(12-19)16-11-15-7-5-6-8-18(15)20-13-16/h5-8,11,13,17H,3-4,9-10,12,14,19H2,1-2H3. The van der Waals surface area contributed by atoms with E-state index in [4.69, 9.17) is 5.73 Å². The predicted molar refractivity (Wildman–Crippen MR) is 90.6 cm³/mol. The van der Waals surface area contributed by atoms with Gasteiger partial charge in [-0.3, -0.25) is 4.98 Å². The van der Waals surface area contributed by atoms with Gasteiger partial charge >= 0.3 is 0 Å². The Balaban J connectivity index is 2.17. The van der Waals surface area contributed by atoms with Crippen molar-refractivity contribution in [2.75, 3.05) is 26.2 Å². The molecule has 1 heterocycles. The Hall–Kier alpha value is -1.45. The molecule has 2 N–H and O–H groups in total. The summed E-state index contributed by atoms with van der Waals surface area (Å²) in [6, 6.07) is 10.5. The topological polar surface area (TPSA) is 42.1 Å². The van der Waals surface area contributed by atoms with Crippen LogP contribution < -0.4 is 5.73 Å². The van der Waals surface area contributed by atoms with Crippen LogP contribution in [0.2, 0.25) is 0 Å². The molecule has 114 valence electrons. The second-order valence-electron chi connectivity index (χ2n) is 5.69. The quantitative estimate of drug-likeness (QED) is 0.808. The molecule has 0 saturated carbocycles. The van der Waals surface area contributed by atoms with Crippen LogP contribution in [0.5, 0.6) is 0 Å². The SMILES string of the molecule is CCCN(CCC)CC(CN)c1cnc2ccccc2c1. The van der Waals surface area contributed by atoms with E-state index in [-0.39, 0.29) is 0 Å². The summed E-state index contributed by atoms with van der Waals surface area (Å²) in [5.41, 5.74) is 8.34. The van der Waals surface area contributed by atoms with Crippen molar-refractivity contribution in [1.82, 2.24) is 9.88 Å². The first-order valence-corrected chi connectivity index (χ1v) is 8.05. The Bertz CT molecular complexity index is 547. The lowest BCUT2D eigenvalue weighted by molar-refractivity contribution is 0.258. The molecule has 0 bridgehead atoms. The predicted octanol–water partition coefficient (Wildman–Crippen LogP) is 3.40. The number of rotatable bonds is 8. The van der Waals surface area contributed by atoms with Gasteiger partial charge < -0.3 is 10.6 Å². The average molecular weight is 285 g/mol. The van der Waals surface area contributed by atoms with Gasteiger partial charge in [-0.2, -0.15) is 0 Å². The van der Waals surface area contributed by atoms with Crippen molar-refractivity contribution in [2.45, 2.75) is 32.6 Å². The van der Waals surface area contributed by atoms with E-state index in [9.17, 15) is 0 Å². The van der Waals surface area contributed by atoms with Gasteiger partial charge in [-0.15, -0.1) is 0 Å². The van der Waals surface area contributed by atoms with E-state index < -0.39 is 0 Å². The molecule has 0 aliphatic carbocycles.